The summed E-state index contributed by atoms with van der Waals surface area (Å²) in [6.07, 6.45) is 2.05. The number of nitrogens with zero attached hydrogens (tertiary/aromatic N) is 3. The third-order valence-electron chi connectivity index (χ3n) is 3.81. The highest BCUT2D eigenvalue weighted by molar-refractivity contribution is 5.94. The van der Waals surface area contributed by atoms with Gasteiger partial charge in [0.1, 0.15) is 11.6 Å². The highest BCUT2D eigenvalue weighted by Gasteiger charge is 2.08. The van der Waals surface area contributed by atoms with Crippen molar-refractivity contribution in [3.63, 3.8) is 0 Å². The first-order chi connectivity index (χ1) is 12.5. The molecule has 0 aliphatic carbocycles. The summed E-state index contributed by atoms with van der Waals surface area (Å²) in [5.41, 5.74) is 3.56. The van der Waals surface area contributed by atoms with Gasteiger partial charge in [0.25, 0.3) is 5.91 Å². The molecule has 3 aromatic rings. The Bertz CT molecular complexity index is 905. The molecule has 132 valence electrons. The summed E-state index contributed by atoms with van der Waals surface area (Å²) in [6, 6.07) is 11.5. The number of nitrogens with one attached hydrogen (secondary N) is 1. The Hall–Kier alpha value is -3.15. The molecule has 2 aromatic heterocycles. The molecule has 6 heteroatoms. The van der Waals surface area contributed by atoms with Crippen molar-refractivity contribution in [2.24, 2.45) is 0 Å². The van der Waals surface area contributed by atoms with Crippen molar-refractivity contribution in [2.45, 2.75) is 20.3 Å². The van der Waals surface area contributed by atoms with Gasteiger partial charge < -0.3 is 5.32 Å². The zero-order valence-electron chi connectivity index (χ0n) is 14.7. The van der Waals surface area contributed by atoms with E-state index in [1.54, 1.807) is 24.3 Å². The number of carbonyl (C=O) groups excluding carboxylic acids is 1. The second kappa shape index (κ2) is 7.82. The number of halogens is 1. The first-order valence-electron chi connectivity index (χ1n) is 8.32. The summed E-state index contributed by atoms with van der Waals surface area (Å²) in [5.74, 6) is 0.176. The molecule has 3 rings (SSSR count). The minimum atomic E-state index is -0.320. The number of rotatable bonds is 5. The second-order valence-corrected chi connectivity index (χ2v) is 6.02. The van der Waals surface area contributed by atoms with Crippen LogP contribution in [0.5, 0.6) is 0 Å². The lowest BCUT2D eigenvalue weighted by atomic mass is 10.1. The molecule has 0 bridgehead atoms. The largest absolute Gasteiger partial charge is 0.352 e. The molecule has 0 atom stereocenters. The molecular weight excluding hydrogens is 331 g/mol. The fourth-order valence-corrected chi connectivity index (χ4v) is 2.65. The molecule has 1 amide bonds. The van der Waals surface area contributed by atoms with Gasteiger partial charge in [-0.25, -0.2) is 14.4 Å². The minimum absolute atomic E-state index is 0.215. The van der Waals surface area contributed by atoms with Gasteiger partial charge in [-0.3, -0.25) is 9.78 Å². The maximum atomic E-state index is 13.3. The van der Waals surface area contributed by atoms with Crippen LogP contribution >= 0.6 is 0 Å². The van der Waals surface area contributed by atoms with Crippen molar-refractivity contribution in [2.75, 3.05) is 6.54 Å². The highest BCUT2D eigenvalue weighted by Crippen LogP contribution is 2.17. The van der Waals surface area contributed by atoms with Crippen LogP contribution in [0.4, 0.5) is 4.39 Å². The molecule has 0 fully saturated rings. The van der Waals surface area contributed by atoms with Crippen molar-refractivity contribution >= 4 is 5.91 Å². The van der Waals surface area contributed by atoms with E-state index in [0.717, 1.165) is 11.4 Å². The standard InChI is InChI=1S/C20H19FN4O/c1-13-10-14(2)25-19(24-13)8-9-22-20(26)16-6-7-18(23-12-16)15-4-3-5-17(21)11-15/h3-7,10-12H,8-9H2,1-2H3,(H,22,26). The first-order valence-corrected chi connectivity index (χ1v) is 8.32. The van der Waals surface area contributed by atoms with E-state index in [9.17, 15) is 9.18 Å². The number of hydrogen-bond acceptors (Lipinski definition) is 4. The fraction of sp³-hybridized carbons (Fsp3) is 0.200. The monoisotopic (exact) mass is 350 g/mol. The van der Waals surface area contributed by atoms with Crippen molar-refractivity contribution in [1.29, 1.82) is 0 Å². The van der Waals surface area contributed by atoms with Crippen LogP contribution in [-0.4, -0.2) is 27.4 Å². The number of pyridine rings is 1. The molecule has 5 nitrogen and oxygen atoms in total. The molecular formula is C20H19FN4O. The number of hydrogen-bond donors (Lipinski definition) is 1. The van der Waals surface area contributed by atoms with Crippen LogP contribution < -0.4 is 5.32 Å². The maximum Gasteiger partial charge on any atom is 0.252 e. The average molecular weight is 350 g/mol. The number of aryl methyl sites for hydroxylation is 2. The number of amides is 1. The Morgan fingerprint density at radius 3 is 2.50 bits per heavy atom. The Balaban J connectivity index is 1.59. The fourth-order valence-electron chi connectivity index (χ4n) is 2.65. The Morgan fingerprint density at radius 1 is 1.08 bits per heavy atom. The van der Waals surface area contributed by atoms with Gasteiger partial charge >= 0.3 is 0 Å². The Morgan fingerprint density at radius 2 is 1.85 bits per heavy atom. The van der Waals surface area contributed by atoms with Gasteiger partial charge in [-0.2, -0.15) is 0 Å². The van der Waals surface area contributed by atoms with Crippen LogP contribution in [0, 0.1) is 19.7 Å². The van der Waals surface area contributed by atoms with E-state index in [2.05, 4.69) is 20.3 Å². The summed E-state index contributed by atoms with van der Waals surface area (Å²) in [5, 5.41) is 2.84. The van der Waals surface area contributed by atoms with Crippen molar-refractivity contribution < 1.29 is 9.18 Å². The van der Waals surface area contributed by atoms with E-state index in [1.165, 1.54) is 18.3 Å². The predicted molar refractivity (Wildman–Crippen MR) is 97.2 cm³/mol. The highest BCUT2D eigenvalue weighted by atomic mass is 19.1. The summed E-state index contributed by atoms with van der Waals surface area (Å²) >= 11 is 0. The Kier molecular flexibility index (Phi) is 5.31. The van der Waals surface area contributed by atoms with Crippen LogP contribution in [0.3, 0.4) is 0 Å². The zero-order chi connectivity index (χ0) is 18.5. The van der Waals surface area contributed by atoms with Gasteiger partial charge in [-0.05, 0) is 44.2 Å². The van der Waals surface area contributed by atoms with E-state index >= 15 is 0 Å². The second-order valence-electron chi connectivity index (χ2n) is 6.02. The smallest absolute Gasteiger partial charge is 0.252 e. The lowest BCUT2D eigenvalue weighted by molar-refractivity contribution is 0.0953. The summed E-state index contributed by atoms with van der Waals surface area (Å²) in [7, 11) is 0. The van der Waals surface area contributed by atoms with Crippen LogP contribution in [0.2, 0.25) is 0 Å². The van der Waals surface area contributed by atoms with Gasteiger partial charge in [0.05, 0.1) is 11.3 Å². The zero-order valence-corrected chi connectivity index (χ0v) is 14.7. The summed E-state index contributed by atoms with van der Waals surface area (Å²) in [6.45, 7) is 4.28. The normalized spacial score (nSPS) is 10.6. The summed E-state index contributed by atoms with van der Waals surface area (Å²) in [4.78, 5) is 25.2. The number of benzene rings is 1. The minimum Gasteiger partial charge on any atom is -0.352 e. The van der Waals surface area contributed by atoms with Gasteiger partial charge in [0, 0.05) is 36.1 Å². The lowest BCUT2D eigenvalue weighted by Gasteiger charge is -2.07. The quantitative estimate of drug-likeness (QED) is 0.767. The van der Waals surface area contributed by atoms with E-state index in [4.69, 9.17) is 0 Å². The topological polar surface area (TPSA) is 67.8 Å². The molecule has 0 radical (unpaired) electrons. The van der Waals surface area contributed by atoms with Gasteiger partial charge in [-0.1, -0.05) is 12.1 Å². The van der Waals surface area contributed by atoms with Crippen LogP contribution in [-0.2, 0) is 6.42 Å². The van der Waals surface area contributed by atoms with Gasteiger partial charge in [0.15, 0.2) is 0 Å². The third-order valence-corrected chi connectivity index (χ3v) is 3.81. The van der Waals surface area contributed by atoms with Crippen molar-refractivity contribution in [1.82, 2.24) is 20.3 Å². The van der Waals surface area contributed by atoms with E-state index in [1.807, 2.05) is 19.9 Å². The predicted octanol–water partition coefficient (Wildman–Crippen LogP) is 3.27. The molecule has 0 spiro atoms. The maximum absolute atomic E-state index is 13.3. The average Bonchev–Trinajstić information content (AvgIpc) is 2.61. The van der Waals surface area contributed by atoms with E-state index < -0.39 is 0 Å². The Labute approximate surface area is 151 Å². The molecule has 1 N–H and O–H groups in total. The molecule has 0 saturated heterocycles. The molecule has 0 saturated carbocycles. The SMILES string of the molecule is Cc1cc(C)nc(CCNC(=O)c2ccc(-c3cccc(F)c3)nc2)n1. The third kappa shape index (κ3) is 4.47. The van der Waals surface area contributed by atoms with E-state index in [0.29, 0.717) is 35.6 Å². The molecule has 2 heterocycles. The molecule has 26 heavy (non-hydrogen) atoms. The van der Waals surface area contributed by atoms with Crippen molar-refractivity contribution in [3.8, 4) is 11.3 Å². The molecule has 0 aliphatic rings. The summed E-state index contributed by atoms with van der Waals surface area (Å²) < 4.78 is 13.3. The van der Waals surface area contributed by atoms with Crippen LogP contribution in [0.15, 0.2) is 48.7 Å². The first kappa shape index (κ1) is 17.7. The molecule has 1 aromatic carbocycles. The van der Waals surface area contributed by atoms with Crippen LogP contribution in [0.1, 0.15) is 27.6 Å². The van der Waals surface area contributed by atoms with E-state index in [-0.39, 0.29) is 11.7 Å². The lowest BCUT2D eigenvalue weighted by Crippen LogP contribution is -2.26. The van der Waals surface area contributed by atoms with Gasteiger partial charge in [0.2, 0.25) is 0 Å². The molecule has 0 unspecified atom stereocenters. The number of carbonyl (C=O) groups is 1. The van der Waals surface area contributed by atoms with Crippen molar-refractivity contribution in [3.05, 3.63) is 77.3 Å². The molecule has 0 aliphatic heterocycles. The van der Waals surface area contributed by atoms with Gasteiger partial charge in [-0.15, -0.1) is 0 Å². The number of aromatic nitrogens is 3. The van der Waals surface area contributed by atoms with Crippen LogP contribution in [0.25, 0.3) is 11.3 Å².